The molecule has 0 radical (unpaired) electrons. The van der Waals surface area contributed by atoms with E-state index in [9.17, 15) is 4.79 Å². The first-order valence-electron chi connectivity index (χ1n) is 12.4. The number of aryl methyl sites for hydroxylation is 2. The van der Waals surface area contributed by atoms with Gasteiger partial charge in [0, 0.05) is 56.5 Å². The molecule has 1 saturated heterocycles. The van der Waals surface area contributed by atoms with Gasteiger partial charge in [0.15, 0.2) is 11.5 Å². The lowest BCUT2D eigenvalue weighted by atomic mass is 10.0. The maximum Gasteiger partial charge on any atom is 0.262 e. The molecule has 4 N–H and O–H groups in total. The largest absolute Gasteiger partial charge is 0.371 e. The minimum Gasteiger partial charge on any atom is -0.371 e. The summed E-state index contributed by atoms with van der Waals surface area (Å²) in [4.78, 5) is 24.3. The molecule has 2 aliphatic rings. The van der Waals surface area contributed by atoms with Gasteiger partial charge >= 0.3 is 0 Å². The number of aromatic nitrogens is 5. The number of imidazole rings is 1. The highest BCUT2D eigenvalue weighted by Crippen LogP contribution is 2.33. The van der Waals surface area contributed by atoms with Crippen LogP contribution in [0.25, 0.3) is 16.6 Å². The number of hydrogen-bond acceptors (Lipinski definition) is 7. The molecule has 4 aromatic rings. The Morgan fingerprint density at radius 3 is 2.61 bits per heavy atom. The van der Waals surface area contributed by atoms with E-state index in [1.54, 1.807) is 28.5 Å². The van der Waals surface area contributed by atoms with Crippen molar-refractivity contribution in [2.75, 3.05) is 23.3 Å². The lowest BCUT2D eigenvalue weighted by Crippen LogP contribution is -2.43. The van der Waals surface area contributed by atoms with E-state index < -0.39 is 11.7 Å². The van der Waals surface area contributed by atoms with E-state index in [2.05, 4.69) is 30.6 Å². The fourth-order valence-electron chi connectivity index (χ4n) is 5.14. The second-order valence-corrected chi connectivity index (χ2v) is 9.85. The number of piperidine rings is 1. The molecule has 1 amide bonds. The van der Waals surface area contributed by atoms with Crippen LogP contribution in [0.4, 0.5) is 15.9 Å². The number of hydrogen-bond donors (Lipinski definition) is 3. The molecule has 10 nitrogen and oxygen atoms in total. The molecule has 1 aliphatic carbocycles. The van der Waals surface area contributed by atoms with Gasteiger partial charge in [-0.25, -0.2) is 9.37 Å². The van der Waals surface area contributed by atoms with Crippen molar-refractivity contribution in [3.05, 3.63) is 47.4 Å². The van der Waals surface area contributed by atoms with Crippen molar-refractivity contribution < 1.29 is 9.18 Å². The van der Waals surface area contributed by atoms with Gasteiger partial charge in [-0.3, -0.25) is 14.5 Å². The van der Waals surface area contributed by atoms with E-state index in [-0.39, 0.29) is 5.56 Å². The quantitative estimate of drug-likeness (QED) is 0.379. The Kier molecular flexibility index (Phi) is 5.60. The van der Waals surface area contributed by atoms with Crippen LogP contribution in [0.15, 0.2) is 24.7 Å². The number of carbonyl (C=O) groups is 1. The van der Waals surface area contributed by atoms with Gasteiger partial charge in [0.25, 0.3) is 5.91 Å². The molecular formula is C25H30FN9O. The number of rotatable bonds is 6. The Morgan fingerprint density at radius 1 is 1.14 bits per heavy atom. The summed E-state index contributed by atoms with van der Waals surface area (Å²) < 4.78 is 18.9. The fourth-order valence-corrected chi connectivity index (χ4v) is 5.14. The molecule has 3 aromatic heterocycles. The van der Waals surface area contributed by atoms with Crippen LogP contribution >= 0.6 is 0 Å². The Hall–Kier alpha value is -3.57. The molecule has 1 aromatic carbocycles. The summed E-state index contributed by atoms with van der Waals surface area (Å²) >= 11 is 0. The van der Waals surface area contributed by atoms with E-state index >= 15 is 4.39 Å². The molecule has 188 valence electrons. The van der Waals surface area contributed by atoms with E-state index in [0.29, 0.717) is 47.0 Å². The van der Waals surface area contributed by atoms with Crippen LogP contribution in [0, 0.1) is 12.7 Å². The van der Waals surface area contributed by atoms with E-state index in [4.69, 9.17) is 5.73 Å². The van der Waals surface area contributed by atoms with Crippen LogP contribution in [-0.2, 0) is 13.6 Å². The van der Waals surface area contributed by atoms with Crippen LogP contribution in [-0.4, -0.2) is 55.2 Å². The summed E-state index contributed by atoms with van der Waals surface area (Å²) in [6.45, 7) is 3.78. The summed E-state index contributed by atoms with van der Waals surface area (Å²) in [6, 6.07) is 2.66. The molecule has 0 bridgehead atoms. The van der Waals surface area contributed by atoms with Gasteiger partial charge < -0.3 is 25.7 Å². The second kappa shape index (κ2) is 8.82. The lowest BCUT2D eigenvalue weighted by molar-refractivity contribution is 0.102. The second-order valence-electron chi connectivity index (χ2n) is 9.85. The maximum absolute atomic E-state index is 15.5. The highest BCUT2D eigenvalue weighted by atomic mass is 19.1. The summed E-state index contributed by atoms with van der Waals surface area (Å²) in [5.41, 5.74) is 8.75. The van der Waals surface area contributed by atoms with Gasteiger partial charge in [-0.05, 0) is 38.7 Å². The first kappa shape index (κ1) is 22.9. The zero-order valence-electron chi connectivity index (χ0n) is 20.5. The molecular weight excluding hydrogens is 461 g/mol. The van der Waals surface area contributed by atoms with Gasteiger partial charge in [0.2, 0.25) is 0 Å². The summed E-state index contributed by atoms with van der Waals surface area (Å²) in [5.74, 6) is -0.890. The van der Waals surface area contributed by atoms with Crippen molar-refractivity contribution in [1.29, 1.82) is 0 Å². The van der Waals surface area contributed by atoms with E-state index in [0.717, 1.165) is 37.0 Å². The number of amides is 1. The first-order valence-corrected chi connectivity index (χ1v) is 12.4. The van der Waals surface area contributed by atoms with Crippen molar-refractivity contribution in [2.45, 2.75) is 51.2 Å². The van der Waals surface area contributed by atoms with Gasteiger partial charge in [0.05, 0.1) is 23.3 Å². The Bertz CT molecular complexity index is 1460. The number of benzene rings is 1. The number of fused-ring (bicyclic) bond motifs is 2. The maximum atomic E-state index is 15.5. The highest BCUT2D eigenvalue weighted by molar-refractivity contribution is 6.14. The normalized spacial score (nSPS) is 16.8. The third kappa shape index (κ3) is 4.18. The van der Waals surface area contributed by atoms with Crippen molar-refractivity contribution >= 4 is 34.0 Å². The number of anilines is 2. The zero-order chi connectivity index (χ0) is 25.0. The Balaban J connectivity index is 1.29. The molecule has 36 heavy (non-hydrogen) atoms. The number of nitrogens with one attached hydrogen (secondary N) is 2. The van der Waals surface area contributed by atoms with Crippen LogP contribution in [0.1, 0.15) is 47.4 Å². The van der Waals surface area contributed by atoms with E-state index in [1.807, 2.05) is 13.1 Å². The van der Waals surface area contributed by atoms with Crippen LogP contribution < -0.4 is 21.3 Å². The van der Waals surface area contributed by atoms with Gasteiger partial charge in [-0.15, -0.1) is 0 Å². The molecule has 0 unspecified atom stereocenters. The third-order valence-electron chi connectivity index (χ3n) is 7.06. The predicted octanol–water partition coefficient (Wildman–Crippen LogP) is 2.50. The summed E-state index contributed by atoms with van der Waals surface area (Å²) in [5, 5.41) is 11.7. The molecule has 0 spiro atoms. The van der Waals surface area contributed by atoms with Crippen molar-refractivity contribution in [1.82, 2.24) is 29.5 Å². The molecule has 0 atom stereocenters. The van der Waals surface area contributed by atoms with Crippen LogP contribution in [0.2, 0.25) is 0 Å². The lowest BCUT2D eigenvalue weighted by Gasteiger charge is -2.34. The number of nitrogens with two attached hydrogens (primary N) is 1. The minimum atomic E-state index is -0.598. The van der Waals surface area contributed by atoms with E-state index in [1.165, 1.54) is 18.9 Å². The number of halogens is 1. The van der Waals surface area contributed by atoms with Gasteiger partial charge in [0.1, 0.15) is 16.9 Å². The molecule has 1 aliphatic heterocycles. The SMILES string of the molecule is Cc1nc(CN)cn2cc(NC(=O)c3c(F)cc(N4CCC(NC5CC5)CC4)c4cn(C)nc34)nc12. The molecule has 4 heterocycles. The Morgan fingerprint density at radius 2 is 1.89 bits per heavy atom. The van der Waals surface area contributed by atoms with Gasteiger partial charge in [-0.2, -0.15) is 5.10 Å². The van der Waals surface area contributed by atoms with Crippen molar-refractivity contribution in [2.24, 2.45) is 12.8 Å². The summed E-state index contributed by atoms with van der Waals surface area (Å²) in [6.07, 6.45) is 9.84. The number of nitrogens with zero attached hydrogens (tertiary/aromatic N) is 6. The fraction of sp³-hybridized carbons (Fsp3) is 0.440. The topological polar surface area (TPSA) is 118 Å². The van der Waals surface area contributed by atoms with Crippen LogP contribution in [0.3, 0.4) is 0 Å². The average Bonchev–Trinajstić information content (AvgIpc) is 3.43. The smallest absolute Gasteiger partial charge is 0.262 e. The minimum absolute atomic E-state index is 0.0887. The monoisotopic (exact) mass is 491 g/mol. The molecule has 1 saturated carbocycles. The van der Waals surface area contributed by atoms with Crippen LogP contribution in [0.5, 0.6) is 0 Å². The zero-order valence-corrected chi connectivity index (χ0v) is 20.5. The third-order valence-corrected chi connectivity index (χ3v) is 7.06. The van der Waals surface area contributed by atoms with Gasteiger partial charge in [-0.1, -0.05) is 0 Å². The number of carbonyl (C=O) groups excluding carboxylic acids is 1. The van der Waals surface area contributed by atoms with Crippen molar-refractivity contribution in [3.8, 4) is 0 Å². The molecule has 11 heteroatoms. The molecule has 6 rings (SSSR count). The standard InChI is InChI=1S/C25H30FN9O/c1-14-24-30-21(13-35(24)11-17(10-27)28-14)31-25(36)22-19(26)9-20(18-12-33(2)32-23(18)22)34-7-5-16(6-8-34)29-15-3-4-15/h9,11-13,15-16,29H,3-8,10,27H2,1-2H3,(H,31,36). The Labute approximate surface area is 207 Å². The average molecular weight is 492 g/mol. The highest BCUT2D eigenvalue weighted by Gasteiger charge is 2.29. The van der Waals surface area contributed by atoms with Crippen molar-refractivity contribution in [3.63, 3.8) is 0 Å². The summed E-state index contributed by atoms with van der Waals surface area (Å²) in [7, 11) is 1.78. The predicted molar refractivity (Wildman–Crippen MR) is 136 cm³/mol. The molecule has 2 fully saturated rings. The first-order chi connectivity index (χ1) is 17.4.